The molecule has 0 bridgehead atoms. The van der Waals surface area contributed by atoms with Gasteiger partial charge in [0.15, 0.2) is 0 Å². The van der Waals surface area contributed by atoms with Gasteiger partial charge in [0.2, 0.25) is 0 Å². The van der Waals surface area contributed by atoms with Crippen molar-refractivity contribution in [1.29, 1.82) is 0 Å². The van der Waals surface area contributed by atoms with E-state index in [1.54, 1.807) is 7.11 Å². The minimum absolute atomic E-state index is 0.0295. The number of carboxylic acid groups (broad SMARTS) is 1. The summed E-state index contributed by atoms with van der Waals surface area (Å²) in [6.45, 7) is 0.784. The van der Waals surface area contributed by atoms with Crippen molar-refractivity contribution in [3.8, 4) is 5.75 Å². The number of ether oxygens (including phenoxy) is 1. The van der Waals surface area contributed by atoms with Crippen molar-refractivity contribution in [2.45, 2.75) is 25.3 Å². The summed E-state index contributed by atoms with van der Waals surface area (Å²) in [4.78, 5) is 12.5. The number of benzene rings is 1. The maximum atomic E-state index is 10.5. The molecule has 0 heterocycles. The van der Waals surface area contributed by atoms with Gasteiger partial charge in [0.05, 0.1) is 19.8 Å². The molecular weight excluding hydrogens is 258 g/mol. The van der Waals surface area contributed by atoms with Crippen molar-refractivity contribution < 1.29 is 19.7 Å². The van der Waals surface area contributed by atoms with E-state index in [2.05, 4.69) is 0 Å². The summed E-state index contributed by atoms with van der Waals surface area (Å²) in [7, 11) is 3.55. The number of methoxy groups -OCH3 is 1. The number of hydrogen-bond acceptors (Lipinski definition) is 4. The molecular formula is C15H23NO4. The Hall–Kier alpha value is -1.59. The van der Waals surface area contributed by atoms with Crippen LogP contribution in [0, 0.1) is 0 Å². The lowest BCUT2D eigenvalue weighted by molar-refractivity contribution is -0.137. The number of aliphatic carboxylic acids is 1. The smallest absolute Gasteiger partial charge is 0.303 e. The van der Waals surface area contributed by atoms with Crippen LogP contribution in [0.25, 0.3) is 0 Å². The van der Waals surface area contributed by atoms with E-state index in [1.807, 2.05) is 36.2 Å². The van der Waals surface area contributed by atoms with Crippen LogP contribution in [0.15, 0.2) is 24.3 Å². The molecule has 0 aliphatic heterocycles. The van der Waals surface area contributed by atoms with E-state index in [4.69, 9.17) is 9.84 Å². The van der Waals surface area contributed by atoms with Gasteiger partial charge in [0, 0.05) is 6.42 Å². The maximum Gasteiger partial charge on any atom is 0.303 e. The van der Waals surface area contributed by atoms with Gasteiger partial charge in [0.1, 0.15) is 5.75 Å². The first-order valence-corrected chi connectivity index (χ1v) is 6.75. The average Bonchev–Trinajstić information content (AvgIpc) is 2.45. The van der Waals surface area contributed by atoms with Crippen LogP contribution in [0.5, 0.6) is 5.75 Å². The van der Waals surface area contributed by atoms with E-state index in [1.165, 1.54) is 0 Å². The summed E-state index contributed by atoms with van der Waals surface area (Å²) in [5, 5.41) is 18.2. The van der Waals surface area contributed by atoms with Crippen LogP contribution in [-0.2, 0) is 4.79 Å². The molecule has 0 radical (unpaired) electrons. The van der Waals surface area contributed by atoms with Crippen LogP contribution < -0.4 is 4.74 Å². The van der Waals surface area contributed by atoms with Gasteiger partial charge in [-0.25, -0.2) is 0 Å². The first-order chi connectivity index (χ1) is 9.58. The third-order valence-corrected chi connectivity index (χ3v) is 3.36. The predicted molar refractivity (Wildman–Crippen MR) is 76.9 cm³/mol. The Morgan fingerprint density at radius 1 is 1.30 bits per heavy atom. The van der Waals surface area contributed by atoms with E-state index in [9.17, 15) is 9.90 Å². The number of unbranched alkanes of at least 4 members (excludes halogenated alkanes) is 1. The van der Waals surface area contributed by atoms with Crippen molar-refractivity contribution in [3.05, 3.63) is 29.8 Å². The molecule has 0 saturated heterocycles. The molecule has 1 atom stereocenters. The Morgan fingerprint density at radius 2 is 1.95 bits per heavy atom. The van der Waals surface area contributed by atoms with E-state index < -0.39 is 5.97 Å². The zero-order valence-electron chi connectivity index (χ0n) is 12.1. The molecule has 0 amide bonds. The Labute approximate surface area is 119 Å². The number of rotatable bonds is 9. The third-order valence-electron chi connectivity index (χ3n) is 3.36. The minimum atomic E-state index is -0.762. The highest BCUT2D eigenvalue weighted by Gasteiger charge is 2.15. The quantitative estimate of drug-likeness (QED) is 0.677. The van der Waals surface area contributed by atoms with Crippen molar-refractivity contribution >= 4 is 5.97 Å². The first-order valence-electron chi connectivity index (χ1n) is 6.75. The summed E-state index contributed by atoms with van der Waals surface area (Å²) >= 11 is 0. The van der Waals surface area contributed by atoms with Gasteiger partial charge in [0.25, 0.3) is 0 Å². The molecule has 1 unspecified atom stereocenters. The van der Waals surface area contributed by atoms with Gasteiger partial charge in [-0.15, -0.1) is 0 Å². The fraction of sp³-hybridized carbons (Fsp3) is 0.533. The highest BCUT2D eigenvalue weighted by molar-refractivity contribution is 5.66. The lowest BCUT2D eigenvalue weighted by atomic mass is 10.1. The summed E-state index contributed by atoms with van der Waals surface area (Å²) in [6.07, 6.45) is 1.65. The summed E-state index contributed by atoms with van der Waals surface area (Å²) in [5.41, 5.74) is 1.02. The Bertz CT molecular complexity index is 405. The van der Waals surface area contributed by atoms with Gasteiger partial charge < -0.3 is 14.9 Å². The highest BCUT2D eigenvalue weighted by Crippen LogP contribution is 2.22. The van der Waals surface area contributed by atoms with Crippen LogP contribution in [0.4, 0.5) is 0 Å². The predicted octanol–water partition coefficient (Wildman–Crippen LogP) is 1.92. The topological polar surface area (TPSA) is 70.0 Å². The maximum absolute atomic E-state index is 10.5. The second-order valence-electron chi connectivity index (χ2n) is 4.80. The zero-order chi connectivity index (χ0) is 15.0. The van der Waals surface area contributed by atoms with Crippen molar-refractivity contribution in [1.82, 2.24) is 4.90 Å². The lowest BCUT2D eigenvalue weighted by Crippen LogP contribution is -2.28. The molecule has 1 aromatic rings. The number of carbonyl (C=O) groups is 1. The highest BCUT2D eigenvalue weighted by atomic mass is 16.5. The first kappa shape index (κ1) is 16.5. The number of nitrogens with zero attached hydrogens (tertiary/aromatic N) is 1. The fourth-order valence-corrected chi connectivity index (χ4v) is 2.12. The number of carboxylic acids is 1. The van der Waals surface area contributed by atoms with Gasteiger partial charge in [-0.2, -0.15) is 0 Å². The van der Waals surface area contributed by atoms with Crippen LogP contribution in [0.2, 0.25) is 0 Å². The van der Waals surface area contributed by atoms with Crippen LogP contribution in [0.3, 0.4) is 0 Å². The summed E-state index contributed by atoms with van der Waals surface area (Å²) in [5.74, 6) is 0.0241. The molecule has 112 valence electrons. The molecule has 2 N–H and O–H groups in total. The van der Waals surface area contributed by atoms with Crippen molar-refractivity contribution in [2.75, 3.05) is 27.3 Å². The second-order valence-corrected chi connectivity index (χ2v) is 4.80. The van der Waals surface area contributed by atoms with E-state index >= 15 is 0 Å². The third kappa shape index (κ3) is 5.19. The molecule has 20 heavy (non-hydrogen) atoms. The normalized spacial score (nSPS) is 12.4. The van der Waals surface area contributed by atoms with E-state index in [0.717, 1.165) is 24.3 Å². The zero-order valence-corrected chi connectivity index (χ0v) is 12.1. The summed E-state index contributed by atoms with van der Waals surface area (Å²) < 4.78 is 5.11. The molecule has 0 aliphatic rings. The minimum Gasteiger partial charge on any atom is -0.497 e. The molecule has 1 rings (SSSR count). The number of aliphatic hydroxyl groups is 1. The van der Waals surface area contributed by atoms with Gasteiger partial charge >= 0.3 is 5.97 Å². The Morgan fingerprint density at radius 3 is 2.45 bits per heavy atom. The fourth-order valence-electron chi connectivity index (χ4n) is 2.12. The van der Waals surface area contributed by atoms with Crippen molar-refractivity contribution in [3.63, 3.8) is 0 Å². The standard InChI is InChI=1S/C15H23NO4/c1-16(10-4-3-5-15(18)19)14(11-17)12-6-8-13(20-2)9-7-12/h6-9,14,17H,3-5,10-11H2,1-2H3,(H,18,19). The largest absolute Gasteiger partial charge is 0.497 e. The van der Waals surface area contributed by atoms with E-state index in [0.29, 0.717) is 6.42 Å². The van der Waals surface area contributed by atoms with Crippen LogP contribution in [0.1, 0.15) is 30.9 Å². The Balaban J connectivity index is 2.52. The molecule has 0 fully saturated rings. The lowest BCUT2D eigenvalue weighted by Gasteiger charge is -2.26. The molecule has 5 heteroatoms. The molecule has 0 saturated carbocycles. The molecule has 0 spiro atoms. The molecule has 5 nitrogen and oxygen atoms in total. The number of hydrogen-bond donors (Lipinski definition) is 2. The average molecular weight is 281 g/mol. The van der Waals surface area contributed by atoms with Gasteiger partial charge in [-0.05, 0) is 44.1 Å². The summed E-state index contributed by atoms with van der Waals surface area (Å²) in [6, 6.07) is 7.54. The monoisotopic (exact) mass is 281 g/mol. The van der Waals surface area contributed by atoms with Crippen LogP contribution in [-0.4, -0.2) is 48.4 Å². The molecule has 0 aromatic heterocycles. The second kappa shape index (κ2) is 8.55. The van der Waals surface area contributed by atoms with Gasteiger partial charge in [-0.3, -0.25) is 9.69 Å². The number of aliphatic hydroxyl groups excluding tert-OH is 1. The van der Waals surface area contributed by atoms with Crippen LogP contribution >= 0.6 is 0 Å². The SMILES string of the molecule is COc1ccc(C(CO)N(C)CCCCC(=O)O)cc1. The van der Waals surface area contributed by atoms with E-state index in [-0.39, 0.29) is 19.1 Å². The molecule has 1 aromatic carbocycles. The van der Waals surface area contributed by atoms with Gasteiger partial charge in [-0.1, -0.05) is 12.1 Å². The number of likely N-dealkylation sites (N-methyl/N-ethyl adjacent to an activating group) is 1. The Kier molecular flexibility index (Phi) is 7.04. The van der Waals surface area contributed by atoms with Crippen molar-refractivity contribution in [2.24, 2.45) is 0 Å². The molecule has 0 aliphatic carbocycles.